The number of thioether (sulfide) groups is 1. The van der Waals surface area contributed by atoms with Crippen molar-refractivity contribution in [1.29, 1.82) is 0 Å². The second kappa shape index (κ2) is 4.93. The lowest BCUT2D eigenvalue weighted by atomic mass is 10.2. The van der Waals surface area contributed by atoms with Gasteiger partial charge in [0, 0.05) is 30.8 Å². The Balaban J connectivity index is 1.94. The predicted molar refractivity (Wildman–Crippen MR) is 64.2 cm³/mol. The lowest BCUT2D eigenvalue weighted by molar-refractivity contribution is -0.131. The Bertz CT molecular complexity index is 372. The van der Waals surface area contributed by atoms with Gasteiger partial charge in [0.15, 0.2) is 0 Å². The highest BCUT2D eigenvalue weighted by Gasteiger charge is 2.25. The van der Waals surface area contributed by atoms with Crippen LogP contribution in [0.15, 0.2) is 16.7 Å². The van der Waals surface area contributed by atoms with Gasteiger partial charge in [-0.05, 0) is 13.0 Å². The summed E-state index contributed by atoms with van der Waals surface area (Å²) in [5.41, 5.74) is 1.07. The number of nitrogens with one attached hydrogen (secondary N) is 1. The highest BCUT2D eigenvalue weighted by Crippen LogP contribution is 2.15. The van der Waals surface area contributed by atoms with Crippen LogP contribution < -0.4 is 5.32 Å². The molecular formula is C11H16N2O2S. The van der Waals surface area contributed by atoms with E-state index in [9.17, 15) is 4.79 Å². The molecule has 4 nitrogen and oxygen atoms in total. The summed E-state index contributed by atoms with van der Waals surface area (Å²) in [5, 5.41) is 3.18. The molecular weight excluding hydrogens is 224 g/mol. The summed E-state index contributed by atoms with van der Waals surface area (Å²) in [6.45, 7) is 2.53. The Morgan fingerprint density at radius 3 is 3.12 bits per heavy atom. The fraction of sp³-hybridized carbons (Fsp3) is 0.545. The molecule has 1 fully saturated rings. The van der Waals surface area contributed by atoms with E-state index >= 15 is 0 Å². The molecule has 1 aliphatic rings. The second-order valence-electron chi connectivity index (χ2n) is 3.97. The minimum absolute atomic E-state index is 0.0257. The maximum Gasteiger partial charge on any atom is 0.240 e. The van der Waals surface area contributed by atoms with Gasteiger partial charge >= 0.3 is 0 Å². The fourth-order valence-electron chi connectivity index (χ4n) is 1.73. The summed E-state index contributed by atoms with van der Waals surface area (Å²) in [6, 6.07) is 1.89. The van der Waals surface area contributed by atoms with Gasteiger partial charge in [-0.15, -0.1) is 11.8 Å². The monoisotopic (exact) mass is 240 g/mol. The normalized spacial score (nSPS) is 20.0. The molecule has 0 aliphatic carbocycles. The van der Waals surface area contributed by atoms with E-state index in [-0.39, 0.29) is 11.9 Å². The second-order valence-corrected chi connectivity index (χ2v) is 5.00. The minimum atomic E-state index is -0.0257. The topological polar surface area (TPSA) is 45.5 Å². The Labute approximate surface area is 99.4 Å². The first-order chi connectivity index (χ1) is 7.68. The molecule has 0 radical (unpaired) electrons. The molecule has 1 amide bonds. The molecule has 1 N–H and O–H groups in total. The lowest BCUT2D eigenvalue weighted by Gasteiger charge is -2.20. The third kappa shape index (κ3) is 2.41. The average molecular weight is 240 g/mol. The van der Waals surface area contributed by atoms with Gasteiger partial charge in [-0.1, -0.05) is 0 Å². The van der Waals surface area contributed by atoms with Gasteiger partial charge in [0.05, 0.1) is 12.3 Å². The van der Waals surface area contributed by atoms with Crippen molar-refractivity contribution in [3.05, 3.63) is 23.7 Å². The van der Waals surface area contributed by atoms with Crippen LogP contribution in [0.2, 0.25) is 0 Å². The third-order valence-electron chi connectivity index (χ3n) is 2.76. The van der Waals surface area contributed by atoms with Crippen LogP contribution in [-0.2, 0) is 11.3 Å². The Morgan fingerprint density at radius 1 is 1.75 bits per heavy atom. The molecule has 1 aromatic rings. The molecule has 0 aromatic carbocycles. The van der Waals surface area contributed by atoms with Crippen LogP contribution in [0.5, 0.6) is 0 Å². The molecule has 16 heavy (non-hydrogen) atoms. The van der Waals surface area contributed by atoms with E-state index < -0.39 is 0 Å². The average Bonchev–Trinajstić information content (AvgIpc) is 2.89. The van der Waals surface area contributed by atoms with Crippen molar-refractivity contribution in [1.82, 2.24) is 10.2 Å². The number of carbonyl (C=O) groups excluding carboxylic acids is 1. The summed E-state index contributed by atoms with van der Waals surface area (Å²) < 4.78 is 5.21. The highest BCUT2D eigenvalue weighted by molar-refractivity contribution is 7.99. The number of furan rings is 1. The van der Waals surface area contributed by atoms with Gasteiger partial charge in [-0.25, -0.2) is 0 Å². The van der Waals surface area contributed by atoms with Crippen molar-refractivity contribution < 1.29 is 9.21 Å². The van der Waals surface area contributed by atoms with Crippen LogP contribution in [0.3, 0.4) is 0 Å². The summed E-state index contributed by atoms with van der Waals surface area (Å²) in [6.07, 6.45) is 1.66. The van der Waals surface area contributed by atoms with Crippen molar-refractivity contribution in [2.75, 3.05) is 18.7 Å². The first kappa shape index (κ1) is 11.5. The quantitative estimate of drug-likeness (QED) is 0.862. The standard InChI is InChI=1S/C11H16N2O2S/c1-8-9(3-4-15-8)5-13(2)11(14)10-6-16-7-12-10/h3-4,10,12H,5-7H2,1-2H3. The van der Waals surface area contributed by atoms with Crippen LogP contribution in [0, 0.1) is 6.92 Å². The van der Waals surface area contributed by atoms with Crippen LogP contribution in [0.4, 0.5) is 0 Å². The van der Waals surface area contributed by atoms with Gasteiger partial charge in [-0.3, -0.25) is 10.1 Å². The van der Waals surface area contributed by atoms with Crippen molar-refractivity contribution in [2.45, 2.75) is 19.5 Å². The number of hydrogen-bond donors (Lipinski definition) is 1. The zero-order valence-corrected chi connectivity index (χ0v) is 10.3. The van der Waals surface area contributed by atoms with Crippen molar-refractivity contribution in [3.63, 3.8) is 0 Å². The smallest absolute Gasteiger partial charge is 0.240 e. The summed E-state index contributed by atoms with van der Waals surface area (Å²) in [5.74, 6) is 2.78. The largest absolute Gasteiger partial charge is 0.469 e. The summed E-state index contributed by atoms with van der Waals surface area (Å²) in [7, 11) is 1.83. The SMILES string of the molecule is Cc1occc1CN(C)C(=O)C1CSCN1. The number of aryl methyl sites for hydroxylation is 1. The van der Waals surface area contributed by atoms with E-state index in [1.54, 1.807) is 22.9 Å². The van der Waals surface area contributed by atoms with Crippen LogP contribution in [0.25, 0.3) is 0 Å². The van der Waals surface area contributed by atoms with Crippen molar-refractivity contribution in [2.24, 2.45) is 0 Å². The maximum atomic E-state index is 12.0. The molecule has 1 saturated heterocycles. The molecule has 0 bridgehead atoms. The van der Waals surface area contributed by atoms with E-state index in [1.165, 1.54) is 0 Å². The number of nitrogens with zero attached hydrogens (tertiary/aromatic N) is 1. The van der Waals surface area contributed by atoms with E-state index in [4.69, 9.17) is 4.42 Å². The minimum Gasteiger partial charge on any atom is -0.469 e. The van der Waals surface area contributed by atoms with Crippen LogP contribution >= 0.6 is 11.8 Å². The maximum absolute atomic E-state index is 12.0. The lowest BCUT2D eigenvalue weighted by Crippen LogP contribution is -2.42. The molecule has 0 saturated carbocycles. The van der Waals surface area contributed by atoms with Gasteiger partial charge < -0.3 is 9.32 Å². The fourth-order valence-corrected chi connectivity index (χ4v) is 2.66. The molecule has 88 valence electrons. The molecule has 5 heteroatoms. The first-order valence-electron chi connectivity index (χ1n) is 5.27. The molecule has 1 atom stereocenters. The molecule has 1 unspecified atom stereocenters. The van der Waals surface area contributed by atoms with E-state index in [2.05, 4.69) is 5.32 Å². The van der Waals surface area contributed by atoms with Crippen LogP contribution in [0.1, 0.15) is 11.3 Å². The van der Waals surface area contributed by atoms with Gasteiger partial charge in [-0.2, -0.15) is 0 Å². The zero-order valence-electron chi connectivity index (χ0n) is 9.53. The molecule has 2 heterocycles. The van der Waals surface area contributed by atoms with E-state index in [0.717, 1.165) is 23.0 Å². The zero-order chi connectivity index (χ0) is 11.5. The number of rotatable bonds is 3. The van der Waals surface area contributed by atoms with Gasteiger partial charge in [0.25, 0.3) is 0 Å². The molecule has 2 rings (SSSR count). The third-order valence-corrected chi connectivity index (χ3v) is 3.70. The van der Waals surface area contributed by atoms with Gasteiger partial charge in [0.2, 0.25) is 5.91 Å². The molecule has 0 spiro atoms. The highest BCUT2D eigenvalue weighted by atomic mass is 32.2. The first-order valence-corrected chi connectivity index (χ1v) is 6.43. The Morgan fingerprint density at radius 2 is 2.56 bits per heavy atom. The number of hydrogen-bond acceptors (Lipinski definition) is 4. The van der Waals surface area contributed by atoms with Crippen LogP contribution in [-0.4, -0.2) is 35.5 Å². The number of carbonyl (C=O) groups is 1. The van der Waals surface area contributed by atoms with Gasteiger partial charge in [0.1, 0.15) is 5.76 Å². The Hall–Kier alpha value is -0.940. The number of amides is 1. The molecule has 1 aromatic heterocycles. The van der Waals surface area contributed by atoms with Crippen molar-refractivity contribution >= 4 is 17.7 Å². The van der Waals surface area contributed by atoms with Crippen molar-refractivity contribution in [3.8, 4) is 0 Å². The van der Waals surface area contributed by atoms with E-state index in [1.807, 2.05) is 20.0 Å². The predicted octanol–water partition coefficient (Wildman–Crippen LogP) is 1.21. The summed E-state index contributed by atoms with van der Waals surface area (Å²) >= 11 is 1.76. The number of likely N-dealkylation sites (N-methyl/N-ethyl adjacent to an activating group) is 1. The van der Waals surface area contributed by atoms with E-state index in [0.29, 0.717) is 6.54 Å². The Kier molecular flexibility index (Phi) is 3.56. The molecule has 1 aliphatic heterocycles. The summed E-state index contributed by atoms with van der Waals surface area (Å²) in [4.78, 5) is 13.8.